The Labute approximate surface area is 291 Å². The van der Waals surface area contributed by atoms with Crippen LogP contribution in [-0.2, 0) is 9.47 Å². The highest BCUT2D eigenvalue weighted by molar-refractivity contribution is 5.89. The van der Waals surface area contributed by atoms with E-state index >= 15 is 0 Å². The van der Waals surface area contributed by atoms with Crippen LogP contribution in [0.15, 0.2) is 83.7 Å². The molecule has 4 aromatic rings. The standard InChI is InChI=1S/C39H46N4O7/c44-32-15-13-30(31-14-16-35(46)41-37(31)32)33(45)24-40-19-6-1-2-7-22-49-38(47)29-12-8-11-28(23-29)36(27-9-4-3-5-10-27)42-39(48)50-34-25-43-20-17-26(34)18-21-43/h3-5,8-16,23,26,33-34,36,40,44-45H,1-2,6-7,17-22,24-25H2,(H,41,46)(H,42,48)/t33-,34+,36?/m1/s1. The van der Waals surface area contributed by atoms with E-state index in [1.54, 1.807) is 30.3 Å². The number of hydrogen-bond donors (Lipinski definition) is 5. The Kier molecular flexibility index (Phi) is 11.8. The molecule has 264 valence electrons. The minimum absolute atomic E-state index is 0.0386. The highest BCUT2D eigenvalue weighted by Crippen LogP contribution is 2.31. The number of unbranched alkanes of at least 4 members (excludes halogenated alkanes) is 3. The lowest BCUT2D eigenvalue weighted by atomic mass is 9.86. The van der Waals surface area contributed by atoms with Gasteiger partial charge in [-0.2, -0.15) is 0 Å². The Morgan fingerprint density at radius 2 is 1.70 bits per heavy atom. The Balaban J connectivity index is 0.927. The molecule has 3 atom stereocenters. The van der Waals surface area contributed by atoms with Crippen LogP contribution in [0.3, 0.4) is 0 Å². The number of esters is 1. The fraction of sp³-hybridized carbons (Fsp3) is 0.410. The summed E-state index contributed by atoms with van der Waals surface area (Å²) in [5.74, 6) is -0.0394. The largest absolute Gasteiger partial charge is 0.506 e. The third kappa shape index (κ3) is 8.90. The predicted molar refractivity (Wildman–Crippen MR) is 190 cm³/mol. The number of nitrogens with one attached hydrogen (secondary N) is 3. The number of nitrogens with zero attached hydrogens (tertiary/aromatic N) is 1. The molecule has 7 rings (SSSR count). The van der Waals surface area contributed by atoms with Crippen LogP contribution in [0.2, 0.25) is 0 Å². The highest BCUT2D eigenvalue weighted by atomic mass is 16.6. The predicted octanol–water partition coefficient (Wildman–Crippen LogP) is 5.18. The zero-order valence-corrected chi connectivity index (χ0v) is 28.2. The number of alkyl carbamates (subject to hydrolysis) is 1. The number of aliphatic hydroxyl groups excluding tert-OH is 1. The quantitative estimate of drug-likeness (QED) is 0.0843. The number of carbonyl (C=O) groups is 2. The smallest absolute Gasteiger partial charge is 0.408 e. The van der Waals surface area contributed by atoms with Gasteiger partial charge < -0.3 is 35.3 Å². The van der Waals surface area contributed by atoms with Crippen LogP contribution in [0.25, 0.3) is 10.9 Å². The van der Waals surface area contributed by atoms with E-state index in [4.69, 9.17) is 9.47 Å². The van der Waals surface area contributed by atoms with E-state index in [2.05, 4.69) is 20.5 Å². The molecule has 3 aliphatic heterocycles. The van der Waals surface area contributed by atoms with Gasteiger partial charge in [-0.3, -0.25) is 9.69 Å². The number of hydrogen-bond acceptors (Lipinski definition) is 9. The topological polar surface area (TPSA) is 153 Å². The molecule has 1 aromatic heterocycles. The molecule has 0 aliphatic carbocycles. The monoisotopic (exact) mass is 682 g/mol. The summed E-state index contributed by atoms with van der Waals surface area (Å²) in [7, 11) is 0. The summed E-state index contributed by atoms with van der Waals surface area (Å²) >= 11 is 0. The molecule has 5 N–H and O–H groups in total. The molecule has 1 unspecified atom stereocenters. The van der Waals surface area contributed by atoms with Crippen molar-refractivity contribution in [1.29, 1.82) is 0 Å². The molecule has 3 saturated heterocycles. The van der Waals surface area contributed by atoms with Crippen LogP contribution >= 0.6 is 0 Å². The number of aromatic amines is 1. The maximum absolute atomic E-state index is 13.1. The SMILES string of the molecule is O=C(NC(c1ccccc1)c1cccc(C(=O)OCCCCCCNC[C@@H](O)c2ccc(O)c3[nH]c(=O)ccc23)c1)O[C@H]1CN2CCC1CC2. The number of amides is 1. The molecule has 3 aliphatic rings. The van der Waals surface area contributed by atoms with Crippen molar-refractivity contribution in [3.8, 4) is 5.75 Å². The summed E-state index contributed by atoms with van der Waals surface area (Å²) in [4.78, 5) is 42.7. The van der Waals surface area contributed by atoms with Crippen molar-refractivity contribution in [3.05, 3.63) is 111 Å². The number of ether oxygens (including phenoxy) is 2. The number of H-pyrrole nitrogens is 1. The molecule has 1 amide bonds. The van der Waals surface area contributed by atoms with Crippen LogP contribution in [0.5, 0.6) is 5.75 Å². The molecule has 3 fully saturated rings. The first-order valence-corrected chi connectivity index (χ1v) is 17.6. The molecule has 50 heavy (non-hydrogen) atoms. The van der Waals surface area contributed by atoms with E-state index in [-0.39, 0.29) is 17.4 Å². The molecule has 0 saturated carbocycles. The van der Waals surface area contributed by atoms with Crippen molar-refractivity contribution in [2.45, 2.75) is 56.8 Å². The van der Waals surface area contributed by atoms with E-state index < -0.39 is 24.2 Å². The van der Waals surface area contributed by atoms with E-state index in [0.717, 1.165) is 69.3 Å². The van der Waals surface area contributed by atoms with Gasteiger partial charge in [0.15, 0.2) is 0 Å². The number of phenols is 1. The van der Waals surface area contributed by atoms with Gasteiger partial charge in [0.1, 0.15) is 11.9 Å². The number of rotatable bonds is 15. The van der Waals surface area contributed by atoms with Crippen LogP contribution in [0, 0.1) is 5.92 Å². The number of aliphatic hydroxyl groups is 1. The maximum Gasteiger partial charge on any atom is 0.408 e. The Hall–Kier alpha value is -4.71. The lowest BCUT2D eigenvalue weighted by Crippen LogP contribution is -2.52. The number of aromatic nitrogens is 1. The second-order valence-electron chi connectivity index (χ2n) is 13.3. The third-order valence-electron chi connectivity index (χ3n) is 9.79. The summed E-state index contributed by atoms with van der Waals surface area (Å²) in [6, 6.07) is 22.5. The van der Waals surface area contributed by atoms with Crippen molar-refractivity contribution in [2.24, 2.45) is 5.92 Å². The second-order valence-corrected chi connectivity index (χ2v) is 13.3. The molecule has 2 bridgehead atoms. The number of benzene rings is 3. The Morgan fingerprint density at radius 1 is 0.920 bits per heavy atom. The summed E-state index contributed by atoms with van der Waals surface area (Å²) in [6.07, 6.45) is 4.18. The van der Waals surface area contributed by atoms with E-state index in [1.165, 1.54) is 12.1 Å². The lowest BCUT2D eigenvalue weighted by molar-refractivity contribution is -0.0336. The zero-order valence-electron chi connectivity index (χ0n) is 28.2. The van der Waals surface area contributed by atoms with Gasteiger partial charge in [0.25, 0.3) is 0 Å². The van der Waals surface area contributed by atoms with Gasteiger partial charge in [-0.15, -0.1) is 0 Å². The normalized spacial score (nSPS) is 19.5. The molecule has 3 aromatic carbocycles. The lowest BCUT2D eigenvalue weighted by Gasteiger charge is -2.43. The molecule has 4 heterocycles. The number of piperidine rings is 3. The van der Waals surface area contributed by atoms with E-state index in [1.807, 2.05) is 36.4 Å². The molecular weight excluding hydrogens is 636 g/mol. The van der Waals surface area contributed by atoms with Gasteiger partial charge in [0.05, 0.1) is 29.8 Å². The first kappa shape index (κ1) is 35.1. The fourth-order valence-corrected chi connectivity index (χ4v) is 7.04. The minimum Gasteiger partial charge on any atom is -0.506 e. The van der Waals surface area contributed by atoms with Crippen LogP contribution < -0.4 is 16.2 Å². The fourth-order valence-electron chi connectivity index (χ4n) is 7.04. The number of carbonyl (C=O) groups excluding carboxylic acids is 2. The second kappa shape index (κ2) is 16.8. The van der Waals surface area contributed by atoms with E-state index in [9.17, 15) is 24.6 Å². The van der Waals surface area contributed by atoms with Crippen molar-refractivity contribution in [1.82, 2.24) is 20.5 Å². The average molecular weight is 683 g/mol. The summed E-state index contributed by atoms with van der Waals surface area (Å²) in [5, 5.41) is 27.7. The van der Waals surface area contributed by atoms with Crippen molar-refractivity contribution in [2.75, 3.05) is 39.3 Å². The molecule has 0 spiro atoms. The summed E-state index contributed by atoms with van der Waals surface area (Å²) in [5.41, 5.74) is 2.70. The van der Waals surface area contributed by atoms with Crippen LogP contribution in [-0.4, -0.2) is 77.6 Å². The average Bonchev–Trinajstić information content (AvgIpc) is 3.14. The summed E-state index contributed by atoms with van der Waals surface area (Å²) < 4.78 is 11.5. The first-order chi connectivity index (χ1) is 24.4. The molecule has 11 heteroatoms. The zero-order chi connectivity index (χ0) is 34.9. The number of aromatic hydroxyl groups is 1. The van der Waals surface area contributed by atoms with Crippen molar-refractivity contribution >= 4 is 23.0 Å². The number of fused-ring (bicyclic) bond motifs is 4. The van der Waals surface area contributed by atoms with Gasteiger partial charge in [-0.1, -0.05) is 61.4 Å². The molecule has 11 nitrogen and oxygen atoms in total. The number of pyridine rings is 1. The maximum atomic E-state index is 13.1. The van der Waals surface area contributed by atoms with Gasteiger partial charge in [-0.25, -0.2) is 9.59 Å². The Morgan fingerprint density at radius 3 is 2.48 bits per heavy atom. The number of phenolic OH excluding ortho intramolecular Hbond substituents is 1. The van der Waals surface area contributed by atoms with Gasteiger partial charge in [0.2, 0.25) is 5.56 Å². The summed E-state index contributed by atoms with van der Waals surface area (Å²) in [6.45, 7) is 4.26. The first-order valence-electron chi connectivity index (χ1n) is 17.6. The van der Waals surface area contributed by atoms with Gasteiger partial charge >= 0.3 is 12.1 Å². The van der Waals surface area contributed by atoms with Crippen LogP contribution in [0.4, 0.5) is 4.79 Å². The molecule has 0 radical (unpaired) electrons. The van der Waals surface area contributed by atoms with Gasteiger partial charge in [0, 0.05) is 24.5 Å². The van der Waals surface area contributed by atoms with E-state index in [0.29, 0.717) is 47.6 Å². The molecular formula is C39H46N4O7. The van der Waals surface area contributed by atoms with Crippen LogP contribution in [0.1, 0.15) is 77.7 Å². The van der Waals surface area contributed by atoms with Gasteiger partial charge in [-0.05, 0) is 92.2 Å². The minimum atomic E-state index is -0.801. The van der Waals surface area contributed by atoms with Crippen molar-refractivity contribution < 1.29 is 29.3 Å². The Bertz CT molecular complexity index is 1810. The highest BCUT2D eigenvalue weighted by Gasteiger charge is 2.37. The van der Waals surface area contributed by atoms with Crippen molar-refractivity contribution in [3.63, 3.8) is 0 Å². The third-order valence-corrected chi connectivity index (χ3v) is 9.79.